The number of amides is 2. The molecule has 2 amide bonds. The van der Waals surface area contributed by atoms with Gasteiger partial charge < -0.3 is 15.8 Å². The maximum atomic E-state index is 14.8. The Morgan fingerprint density at radius 1 is 1.29 bits per heavy atom. The van der Waals surface area contributed by atoms with Gasteiger partial charge in [0.2, 0.25) is 5.91 Å². The van der Waals surface area contributed by atoms with E-state index in [2.05, 4.69) is 10.4 Å². The topological polar surface area (TPSA) is 102 Å². The summed E-state index contributed by atoms with van der Waals surface area (Å²) in [6.45, 7) is 8.14. The lowest BCUT2D eigenvalue weighted by Crippen LogP contribution is -2.57. The first-order chi connectivity index (χ1) is 16.1. The van der Waals surface area contributed by atoms with Gasteiger partial charge in [0.15, 0.2) is 0 Å². The molecule has 2 aliphatic rings. The summed E-state index contributed by atoms with van der Waals surface area (Å²) in [4.78, 5) is 27.5. The number of carbonyl (C=O) groups is 2. The van der Waals surface area contributed by atoms with Gasteiger partial charge in [0.05, 0.1) is 12.4 Å². The fourth-order valence-corrected chi connectivity index (χ4v) is 5.04. The van der Waals surface area contributed by atoms with Crippen molar-refractivity contribution < 1.29 is 18.7 Å². The molecule has 4 atom stereocenters. The van der Waals surface area contributed by atoms with Gasteiger partial charge in [0, 0.05) is 30.8 Å². The van der Waals surface area contributed by atoms with E-state index in [0.29, 0.717) is 5.56 Å². The summed E-state index contributed by atoms with van der Waals surface area (Å²) in [5.74, 6) is -0.610. The van der Waals surface area contributed by atoms with Crippen molar-refractivity contribution in [2.75, 3.05) is 0 Å². The molecule has 0 unspecified atom stereocenters. The molecule has 1 aliphatic carbocycles. The molecule has 1 aliphatic heterocycles. The molecule has 9 heteroatoms. The molecular formula is C25H34FN5O3. The number of hydrogen-bond acceptors (Lipinski definition) is 5. The lowest BCUT2D eigenvalue weighted by atomic mass is 9.97. The highest BCUT2D eigenvalue weighted by atomic mass is 19.1. The van der Waals surface area contributed by atoms with Crippen molar-refractivity contribution in [3.05, 3.63) is 42.0 Å². The molecular weight excluding hydrogens is 437 g/mol. The third-order valence-corrected chi connectivity index (χ3v) is 6.57. The maximum Gasteiger partial charge on any atom is 0.411 e. The van der Waals surface area contributed by atoms with Crippen LogP contribution in [-0.2, 0) is 22.5 Å². The van der Waals surface area contributed by atoms with Crippen molar-refractivity contribution in [2.45, 2.75) is 83.8 Å². The van der Waals surface area contributed by atoms with Gasteiger partial charge in [-0.3, -0.25) is 14.4 Å². The highest BCUT2D eigenvalue weighted by molar-refractivity contribution is 5.87. The van der Waals surface area contributed by atoms with E-state index < -0.39 is 23.9 Å². The Morgan fingerprint density at radius 3 is 2.71 bits per heavy atom. The number of hydrogen-bond donors (Lipinski definition) is 2. The van der Waals surface area contributed by atoms with Gasteiger partial charge in [-0.1, -0.05) is 12.1 Å². The number of nitrogens with two attached hydrogens (primary N) is 1. The number of aryl methyl sites for hydroxylation is 1. The maximum absolute atomic E-state index is 14.8. The van der Waals surface area contributed by atoms with Crippen LogP contribution in [0.1, 0.15) is 52.5 Å². The number of carbonyl (C=O) groups excluding carboxylic acids is 2. The lowest BCUT2D eigenvalue weighted by Gasteiger charge is -2.36. The fourth-order valence-electron chi connectivity index (χ4n) is 5.04. The van der Waals surface area contributed by atoms with E-state index in [9.17, 15) is 14.0 Å². The van der Waals surface area contributed by atoms with Crippen LogP contribution >= 0.6 is 0 Å². The zero-order chi connectivity index (χ0) is 24.6. The van der Waals surface area contributed by atoms with Crippen LogP contribution in [0.3, 0.4) is 0 Å². The van der Waals surface area contributed by atoms with Crippen LogP contribution in [0.15, 0.2) is 30.6 Å². The molecule has 0 spiro atoms. The quantitative estimate of drug-likeness (QED) is 0.629. The average Bonchev–Trinajstić information content (AvgIpc) is 3.49. The molecule has 2 aromatic rings. The zero-order valence-electron chi connectivity index (χ0n) is 20.3. The van der Waals surface area contributed by atoms with Crippen molar-refractivity contribution in [2.24, 2.45) is 11.7 Å². The van der Waals surface area contributed by atoms with Gasteiger partial charge in [-0.25, -0.2) is 9.18 Å². The monoisotopic (exact) mass is 471 g/mol. The molecule has 8 nitrogen and oxygen atoms in total. The van der Waals surface area contributed by atoms with Crippen LogP contribution in [0, 0.1) is 11.7 Å². The Bertz CT molecular complexity index is 1060. The largest absolute Gasteiger partial charge is 0.444 e. The van der Waals surface area contributed by atoms with Crippen molar-refractivity contribution in [3.63, 3.8) is 0 Å². The number of ether oxygens (including phenoxy) is 1. The molecule has 34 heavy (non-hydrogen) atoms. The minimum atomic E-state index is -0.782. The van der Waals surface area contributed by atoms with Gasteiger partial charge in [-0.05, 0) is 70.1 Å². The molecule has 1 saturated carbocycles. The van der Waals surface area contributed by atoms with Crippen LogP contribution in [0.2, 0.25) is 0 Å². The third-order valence-electron chi connectivity index (χ3n) is 6.57. The van der Waals surface area contributed by atoms with E-state index in [0.717, 1.165) is 36.9 Å². The predicted molar refractivity (Wildman–Crippen MR) is 126 cm³/mol. The minimum absolute atomic E-state index is 0.00822. The van der Waals surface area contributed by atoms with Crippen molar-refractivity contribution in [1.82, 2.24) is 20.0 Å². The summed E-state index contributed by atoms with van der Waals surface area (Å²) >= 11 is 0. The molecule has 3 N–H and O–H groups in total. The number of likely N-dealkylation sites (tertiary alicyclic amines) is 1. The van der Waals surface area contributed by atoms with E-state index in [-0.39, 0.29) is 30.1 Å². The predicted octanol–water partition coefficient (Wildman–Crippen LogP) is 3.44. The molecule has 1 aromatic carbocycles. The van der Waals surface area contributed by atoms with Crippen molar-refractivity contribution >= 4 is 12.0 Å². The van der Waals surface area contributed by atoms with Gasteiger partial charge in [-0.15, -0.1) is 0 Å². The summed E-state index contributed by atoms with van der Waals surface area (Å²) in [5.41, 5.74) is 7.52. The number of nitrogens with one attached hydrogen (secondary N) is 1. The highest BCUT2D eigenvalue weighted by Gasteiger charge is 2.52. The first-order valence-corrected chi connectivity index (χ1v) is 11.9. The van der Waals surface area contributed by atoms with Gasteiger partial charge >= 0.3 is 6.09 Å². The first kappa shape index (κ1) is 24.2. The Hall–Kier alpha value is -2.94. The van der Waals surface area contributed by atoms with E-state index in [4.69, 9.17) is 10.5 Å². The SMILES string of the molecule is CCn1cc(-c2ccc(C[C@@H](N)NC(=O)[C@@H]3[C@H]4CC[C@H](C4)N3C(=O)OC(C)(C)C)c(F)c2)cn1. The van der Waals surface area contributed by atoms with Crippen LogP contribution in [-0.4, -0.2) is 50.5 Å². The third kappa shape index (κ3) is 5.09. The molecule has 4 rings (SSSR count). The lowest BCUT2D eigenvalue weighted by molar-refractivity contribution is -0.128. The molecule has 1 aromatic heterocycles. The van der Waals surface area contributed by atoms with Crippen LogP contribution in [0.25, 0.3) is 11.1 Å². The number of nitrogens with zero attached hydrogens (tertiary/aromatic N) is 3. The van der Waals surface area contributed by atoms with Crippen molar-refractivity contribution in [3.8, 4) is 11.1 Å². The van der Waals surface area contributed by atoms with E-state index in [1.807, 2.05) is 19.2 Å². The summed E-state index contributed by atoms with van der Waals surface area (Å²) in [6, 6.07) is 4.37. The number of aromatic nitrogens is 2. The van der Waals surface area contributed by atoms with Crippen LogP contribution in [0.4, 0.5) is 9.18 Å². The van der Waals surface area contributed by atoms with Crippen LogP contribution in [0.5, 0.6) is 0 Å². The Balaban J connectivity index is 1.41. The second kappa shape index (κ2) is 9.37. The summed E-state index contributed by atoms with van der Waals surface area (Å²) in [7, 11) is 0. The summed E-state index contributed by atoms with van der Waals surface area (Å²) in [6.07, 6.45) is 5.01. The van der Waals surface area contributed by atoms with E-state index in [1.54, 1.807) is 42.6 Å². The Labute approximate surface area is 199 Å². The summed E-state index contributed by atoms with van der Waals surface area (Å²) in [5, 5.41) is 7.02. The molecule has 1 saturated heterocycles. The molecule has 2 fully saturated rings. The highest BCUT2D eigenvalue weighted by Crippen LogP contribution is 2.43. The number of halogens is 1. The molecule has 2 bridgehead atoms. The number of piperidine rings is 1. The Morgan fingerprint density at radius 2 is 2.06 bits per heavy atom. The van der Waals surface area contributed by atoms with Gasteiger partial charge in [0.1, 0.15) is 17.5 Å². The van der Waals surface area contributed by atoms with Gasteiger partial charge in [-0.2, -0.15) is 5.10 Å². The molecule has 0 radical (unpaired) electrons. The van der Waals surface area contributed by atoms with E-state index >= 15 is 0 Å². The molecule has 2 heterocycles. The number of fused-ring (bicyclic) bond motifs is 2. The first-order valence-electron chi connectivity index (χ1n) is 11.9. The normalized spacial score (nSPS) is 22.6. The van der Waals surface area contributed by atoms with Crippen LogP contribution < -0.4 is 11.1 Å². The van der Waals surface area contributed by atoms with Gasteiger partial charge in [0.25, 0.3) is 0 Å². The average molecular weight is 472 g/mol. The summed E-state index contributed by atoms with van der Waals surface area (Å²) < 4.78 is 22.1. The molecule has 184 valence electrons. The number of rotatable bonds is 6. The zero-order valence-corrected chi connectivity index (χ0v) is 20.3. The second-order valence-electron chi connectivity index (χ2n) is 10.3. The Kier molecular flexibility index (Phi) is 6.66. The fraction of sp³-hybridized carbons (Fsp3) is 0.560. The minimum Gasteiger partial charge on any atom is -0.444 e. The smallest absolute Gasteiger partial charge is 0.411 e. The second-order valence-corrected chi connectivity index (χ2v) is 10.3. The van der Waals surface area contributed by atoms with E-state index in [1.165, 1.54) is 6.07 Å². The number of benzene rings is 1. The standard InChI is InChI=1S/C25H34FN5O3/c1-5-30-14-18(13-28-30)15-6-7-16(20(26)11-15)12-21(27)29-23(32)22-17-8-9-19(10-17)31(22)24(33)34-25(2,3)4/h6-7,11,13-14,17,19,21-22H,5,8-10,12,27H2,1-4H3,(H,29,32)/t17-,19+,21-,22-/m0/s1. The van der Waals surface area contributed by atoms with Crippen molar-refractivity contribution in [1.29, 1.82) is 0 Å².